The predicted octanol–water partition coefficient (Wildman–Crippen LogP) is 3.40. The average Bonchev–Trinajstić information content (AvgIpc) is 3.15. The van der Waals surface area contributed by atoms with Crippen LogP contribution in [-0.4, -0.2) is 47.1 Å². The number of nitrogens with zero attached hydrogens (tertiary/aromatic N) is 3. The Morgan fingerprint density at radius 3 is 2.82 bits per heavy atom. The van der Waals surface area contributed by atoms with Gasteiger partial charge in [0, 0.05) is 18.5 Å². The molecule has 1 saturated heterocycles. The quantitative estimate of drug-likeness (QED) is 0.396. The molecule has 0 saturated carbocycles. The van der Waals surface area contributed by atoms with Crippen molar-refractivity contribution in [3.05, 3.63) is 58.0 Å². The van der Waals surface area contributed by atoms with Crippen LogP contribution in [0.25, 0.3) is 27.3 Å². The third-order valence-electron chi connectivity index (χ3n) is 5.95. The SMILES string of the molecule is Cc1ccc2c(c1)c(=O)c1c(CCCCN3CCOCC3)ccc3ncn2c31. The molecule has 0 amide bonds. The Kier molecular flexibility index (Phi) is 4.49. The molecule has 1 fully saturated rings. The summed E-state index contributed by atoms with van der Waals surface area (Å²) in [7, 11) is 0. The lowest BCUT2D eigenvalue weighted by molar-refractivity contribution is 0.0372. The van der Waals surface area contributed by atoms with E-state index in [1.165, 1.54) is 0 Å². The molecule has 0 atom stereocenters. The third-order valence-corrected chi connectivity index (χ3v) is 5.95. The Balaban J connectivity index is 1.49. The number of rotatable bonds is 5. The lowest BCUT2D eigenvalue weighted by Crippen LogP contribution is -2.36. The van der Waals surface area contributed by atoms with Gasteiger partial charge < -0.3 is 4.74 Å². The van der Waals surface area contributed by atoms with E-state index in [0.717, 1.165) is 90.6 Å². The van der Waals surface area contributed by atoms with Crippen LogP contribution in [0.5, 0.6) is 0 Å². The monoisotopic (exact) mass is 375 g/mol. The maximum atomic E-state index is 13.4. The molecule has 5 heteroatoms. The molecule has 5 rings (SSSR count). The van der Waals surface area contributed by atoms with Gasteiger partial charge in [-0.3, -0.25) is 14.1 Å². The van der Waals surface area contributed by atoms with Crippen molar-refractivity contribution in [2.45, 2.75) is 26.2 Å². The zero-order valence-electron chi connectivity index (χ0n) is 16.3. The first kappa shape index (κ1) is 17.6. The van der Waals surface area contributed by atoms with E-state index < -0.39 is 0 Å². The van der Waals surface area contributed by atoms with Gasteiger partial charge in [-0.2, -0.15) is 0 Å². The zero-order chi connectivity index (χ0) is 19.1. The minimum Gasteiger partial charge on any atom is -0.379 e. The number of morpholine rings is 1. The van der Waals surface area contributed by atoms with Crippen molar-refractivity contribution in [3.63, 3.8) is 0 Å². The van der Waals surface area contributed by atoms with Crippen molar-refractivity contribution >= 4 is 27.3 Å². The minimum absolute atomic E-state index is 0.139. The third kappa shape index (κ3) is 2.95. The number of ether oxygens (including phenoxy) is 1. The van der Waals surface area contributed by atoms with Crippen molar-refractivity contribution in [1.29, 1.82) is 0 Å². The van der Waals surface area contributed by atoms with Gasteiger partial charge in [0.25, 0.3) is 0 Å². The minimum atomic E-state index is 0.139. The van der Waals surface area contributed by atoms with Crippen LogP contribution in [0.1, 0.15) is 24.0 Å². The highest BCUT2D eigenvalue weighted by molar-refractivity contribution is 6.02. The highest BCUT2D eigenvalue weighted by Gasteiger charge is 2.16. The van der Waals surface area contributed by atoms with Crippen LogP contribution in [0.15, 0.2) is 41.5 Å². The summed E-state index contributed by atoms with van der Waals surface area (Å²) < 4.78 is 7.50. The molecule has 4 aromatic rings. The number of pyridine rings is 1. The number of aromatic nitrogens is 2. The number of hydrogen-bond acceptors (Lipinski definition) is 4. The van der Waals surface area contributed by atoms with Crippen LogP contribution in [0.2, 0.25) is 0 Å². The molecule has 3 heterocycles. The number of fused-ring (bicyclic) bond motifs is 2. The van der Waals surface area contributed by atoms with Gasteiger partial charge in [-0.15, -0.1) is 0 Å². The predicted molar refractivity (Wildman–Crippen MR) is 113 cm³/mol. The van der Waals surface area contributed by atoms with E-state index in [9.17, 15) is 4.79 Å². The largest absolute Gasteiger partial charge is 0.379 e. The Labute approximate surface area is 163 Å². The van der Waals surface area contributed by atoms with E-state index >= 15 is 0 Å². The molecule has 0 bridgehead atoms. The Morgan fingerprint density at radius 1 is 1.11 bits per heavy atom. The Hall–Kier alpha value is -2.50. The summed E-state index contributed by atoms with van der Waals surface area (Å²) in [6.07, 6.45) is 4.99. The van der Waals surface area contributed by atoms with Gasteiger partial charge in [-0.25, -0.2) is 4.98 Å². The highest BCUT2D eigenvalue weighted by Crippen LogP contribution is 2.27. The van der Waals surface area contributed by atoms with Gasteiger partial charge in [0.2, 0.25) is 0 Å². The summed E-state index contributed by atoms with van der Waals surface area (Å²) in [6, 6.07) is 10.2. The molecule has 2 aromatic heterocycles. The normalized spacial score (nSPS) is 15.9. The molecule has 28 heavy (non-hydrogen) atoms. The summed E-state index contributed by atoms with van der Waals surface area (Å²) in [5.41, 5.74) is 5.19. The van der Waals surface area contributed by atoms with E-state index in [4.69, 9.17) is 4.74 Å². The fraction of sp³-hybridized carbons (Fsp3) is 0.391. The average molecular weight is 375 g/mol. The van der Waals surface area contributed by atoms with Crippen LogP contribution in [0, 0.1) is 6.92 Å². The van der Waals surface area contributed by atoms with E-state index in [2.05, 4.69) is 32.5 Å². The zero-order valence-corrected chi connectivity index (χ0v) is 16.3. The number of aryl methyl sites for hydroxylation is 2. The maximum absolute atomic E-state index is 13.4. The van der Waals surface area contributed by atoms with Crippen molar-refractivity contribution < 1.29 is 4.74 Å². The van der Waals surface area contributed by atoms with Gasteiger partial charge in [-0.1, -0.05) is 17.7 Å². The van der Waals surface area contributed by atoms with E-state index in [1.807, 2.05) is 25.4 Å². The second-order valence-electron chi connectivity index (χ2n) is 7.84. The van der Waals surface area contributed by atoms with Gasteiger partial charge >= 0.3 is 0 Å². The smallest absolute Gasteiger partial charge is 0.197 e. The summed E-state index contributed by atoms with van der Waals surface area (Å²) in [5, 5.41) is 1.63. The van der Waals surface area contributed by atoms with Crippen molar-refractivity contribution in [2.24, 2.45) is 0 Å². The molecule has 2 aromatic carbocycles. The molecule has 0 spiro atoms. The molecule has 0 radical (unpaired) electrons. The summed E-state index contributed by atoms with van der Waals surface area (Å²) in [6.45, 7) is 6.89. The Bertz CT molecular complexity index is 1190. The molecular formula is C23H25N3O2. The van der Waals surface area contributed by atoms with Crippen LogP contribution < -0.4 is 5.43 Å². The fourth-order valence-corrected chi connectivity index (χ4v) is 4.44. The molecule has 144 valence electrons. The van der Waals surface area contributed by atoms with Crippen LogP contribution in [0.3, 0.4) is 0 Å². The maximum Gasteiger partial charge on any atom is 0.197 e. The first-order valence-corrected chi connectivity index (χ1v) is 10.2. The van der Waals surface area contributed by atoms with E-state index in [1.54, 1.807) is 0 Å². The summed E-state index contributed by atoms with van der Waals surface area (Å²) >= 11 is 0. The van der Waals surface area contributed by atoms with E-state index in [0.29, 0.717) is 0 Å². The topological polar surface area (TPSA) is 46.8 Å². The Morgan fingerprint density at radius 2 is 1.96 bits per heavy atom. The molecular weight excluding hydrogens is 350 g/mol. The van der Waals surface area contributed by atoms with Gasteiger partial charge in [0.05, 0.1) is 35.2 Å². The lowest BCUT2D eigenvalue weighted by Gasteiger charge is -2.26. The lowest BCUT2D eigenvalue weighted by atomic mass is 9.99. The molecule has 1 aliphatic rings. The van der Waals surface area contributed by atoms with Crippen molar-refractivity contribution in [3.8, 4) is 0 Å². The van der Waals surface area contributed by atoms with Crippen molar-refractivity contribution in [2.75, 3.05) is 32.8 Å². The van der Waals surface area contributed by atoms with Gasteiger partial charge in [0.15, 0.2) is 5.43 Å². The molecule has 0 N–H and O–H groups in total. The van der Waals surface area contributed by atoms with Crippen molar-refractivity contribution in [1.82, 2.24) is 14.3 Å². The summed E-state index contributed by atoms with van der Waals surface area (Å²) in [4.78, 5) is 20.4. The summed E-state index contributed by atoms with van der Waals surface area (Å²) in [5.74, 6) is 0. The van der Waals surface area contributed by atoms with Gasteiger partial charge in [-0.05, 0) is 56.5 Å². The van der Waals surface area contributed by atoms with Gasteiger partial charge in [0.1, 0.15) is 6.33 Å². The van der Waals surface area contributed by atoms with Crippen LogP contribution in [-0.2, 0) is 11.2 Å². The first-order chi connectivity index (χ1) is 13.7. The molecule has 0 aliphatic carbocycles. The second-order valence-corrected chi connectivity index (χ2v) is 7.84. The van der Waals surface area contributed by atoms with Crippen LogP contribution >= 0.6 is 0 Å². The standard InChI is InChI=1S/C23H25N3O2/c1-16-5-8-20-18(14-16)23(27)21-17(6-7-19-22(21)26(20)15-24-19)4-2-3-9-25-10-12-28-13-11-25/h5-8,14-15H,2-4,9-13H2,1H3. The molecule has 5 nitrogen and oxygen atoms in total. The molecule has 0 unspecified atom stereocenters. The van der Waals surface area contributed by atoms with Crippen LogP contribution in [0.4, 0.5) is 0 Å². The first-order valence-electron chi connectivity index (χ1n) is 10.2. The highest BCUT2D eigenvalue weighted by atomic mass is 16.5. The number of imidazole rings is 1. The number of benzene rings is 2. The fourth-order valence-electron chi connectivity index (χ4n) is 4.44. The second kappa shape index (κ2) is 7.15. The molecule has 1 aliphatic heterocycles. The number of hydrogen-bond donors (Lipinski definition) is 0. The van der Waals surface area contributed by atoms with E-state index in [-0.39, 0.29) is 5.43 Å². The number of unbranched alkanes of at least 4 members (excludes halogenated alkanes) is 1.